The quantitative estimate of drug-likeness (QED) is 0.511. The van der Waals surface area contributed by atoms with E-state index in [1.165, 1.54) is 0 Å². The van der Waals surface area contributed by atoms with Crippen molar-refractivity contribution in [3.63, 3.8) is 0 Å². The standard InChI is InChI=1S/C28H38N2O5/c1-27(2,3)34-25(32)29-22(17-20-13-9-7-10-14-20)19-24(31)23(18-21-15-11-8-12-16-21)30-26(33)35-28(4,5)6/h7-16,22-23H,17-19H2,1-6H3,(H,29,32)(H,30,33)/t22-,23-/m0/s1. The molecule has 2 aromatic carbocycles. The molecule has 190 valence electrons. The Morgan fingerprint density at radius 2 is 1.11 bits per heavy atom. The number of rotatable bonds is 9. The fraction of sp³-hybridized carbons (Fsp3) is 0.464. The van der Waals surface area contributed by atoms with Gasteiger partial charge in [-0.3, -0.25) is 4.79 Å². The highest BCUT2D eigenvalue weighted by Crippen LogP contribution is 2.14. The zero-order valence-electron chi connectivity index (χ0n) is 21.6. The van der Waals surface area contributed by atoms with Crippen LogP contribution in [0.15, 0.2) is 60.7 Å². The van der Waals surface area contributed by atoms with Gasteiger partial charge in [0.25, 0.3) is 0 Å². The second kappa shape index (κ2) is 12.4. The largest absolute Gasteiger partial charge is 0.444 e. The average Bonchev–Trinajstić information content (AvgIpc) is 2.72. The minimum atomic E-state index is -0.814. The number of alkyl carbamates (subject to hydrolysis) is 2. The summed E-state index contributed by atoms with van der Waals surface area (Å²) in [5, 5.41) is 5.57. The van der Waals surface area contributed by atoms with Crippen LogP contribution in [0.25, 0.3) is 0 Å². The number of ketones is 1. The van der Waals surface area contributed by atoms with Crippen molar-refractivity contribution in [1.29, 1.82) is 0 Å². The predicted molar refractivity (Wildman–Crippen MR) is 136 cm³/mol. The number of hydrogen-bond donors (Lipinski definition) is 2. The van der Waals surface area contributed by atoms with E-state index in [2.05, 4.69) is 10.6 Å². The zero-order valence-corrected chi connectivity index (χ0v) is 21.6. The lowest BCUT2D eigenvalue weighted by Crippen LogP contribution is -2.48. The molecule has 0 fully saturated rings. The van der Waals surface area contributed by atoms with E-state index in [1.54, 1.807) is 41.5 Å². The molecule has 2 rings (SSSR count). The second-order valence-corrected chi connectivity index (χ2v) is 10.6. The average molecular weight is 483 g/mol. The molecule has 2 amide bonds. The summed E-state index contributed by atoms with van der Waals surface area (Å²) in [6, 6.07) is 17.7. The van der Waals surface area contributed by atoms with Crippen LogP contribution in [0.3, 0.4) is 0 Å². The highest BCUT2D eigenvalue weighted by molar-refractivity contribution is 5.88. The van der Waals surface area contributed by atoms with Gasteiger partial charge in [-0.15, -0.1) is 0 Å². The molecule has 0 radical (unpaired) electrons. The lowest BCUT2D eigenvalue weighted by atomic mass is 9.95. The van der Waals surface area contributed by atoms with Gasteiger partial charge in [-0.25, -0.2) is 9.59 Å². The van der Waals surface area contributed by atoms with Gasteiger partial charge in [-0.05, 0) is 65.5 Å². The van der Waals surface area contributed by atoms with Crippen LogP contribution in [0.2, 0.25) is 0 Å². The summed E-state index contributed by atoms with van der Waals surface area (Å²) in [7, 11) is 0. The van der Waals surface area contributed by atoms with Gasteiger partial charge >= 0.3 is 12.2 Å². The fourth-order valence-electron chi connectivity index (χ4n) is 3.48. The van der Waals surface area contributed by atoms with E-state index in [-0.39, 0.29) is 12.2 Å². The molecule has 2 atom stereocenters. The number of amides is 2. The van der Waals surface area contributed by atoms with Crippen LogP contribution in [0.4, 0.5) is 9.59 Å². The Labute approximate surface area is 208 Å². The molecule has 0 bridgehead atoms. The summed E-state index contributed by atoms with van der Waals surface area (Å²) in [6.45, 7) is 10.6. The van der Waals surface area contributed by atoms with Crippen molar-refractivity contribution in [3.8, 4) is 0 Å². The number of nitrogens with one attached hydrogen (secondary N) is 2. The molecule has 0 saturated carbocycles. The van der Waals surface area contributed by atoms with Crippen molar-refractivity contribution in [2.75, 3.05) is 0 Å². The van der Waals surface area contributed by atoms with Gasteiger partial charge in [0, 0.05) is 12.5 Å². The summed E-state index contributed by atoms with van der Waals surface area (Å²) in [5.74, 6) is -0.211. The molecule has 0 spiro atoms. The van der Waals surface area contributed by atoms with Crippen LogP contribution in [0.5, 0.6) is 0 Å². The van der Waals surface area contributed by atoms with E-state index in [4.69, 9.17) is 9.47 Å². The molecular weight excluding hydrogens is 444 g/mol. The van der Waals surface area contributed by atoms with E-state index in [9.17, 15) is 14.4 Å². The molecule has 0 heterocycles. The summed E-state index contributed by atoms with van der Waals surface area (Å²) < 4.78 is 10.8. The first-order chi connectivity index (χ1) is 16.3. The van der Waals surface area contributed by atoms with Crippen molar-refractivity contribution in [2.24, 2.45) is 0 Å². The fourth-order valence-corrected chi connectivity index (χ4v) is 3.48. The van der Waals surface area contributed by atoms with Crippen LogP contribution >= 0.6 is 0 Å². The SMILES string of the molecule is CC(C)(C)OC(=O)N[C@H](CC(=O)[C@H](Cc1ccccc1)NC(=O)OC(C)(C)C)Cc1ccccc1. The van der Waals surface area contributed by atoms with Gasteiger partial charge < -0.3 is 20.1 Å². The van der Waals surface area contributed by atoms with Gasteiger partial charge in [-0.1, -0.05) is 60.7 Å². The first-order valence-electron chi connectivity index (χ1n) is 11.9. The van der Waals surface area contributed by atoms with Gasteiger partial charge in [-0.2, -0.15) is 0 Å². The van der Waals surface area contributed by atoms with Crippen molar-refractivity contribution in [1.82, 2.24) is 10.6 Å². The molecule has 0 unspecified atom stereocenters. The molecule has 7 nitrogen and oxygen atoms in total. The summed E-state index contributed by atoms with van der Waals surface area (Å²) in [6.07, 6.45) is -0.487. The molecule has 0 aliphatic rings. The maximum atomic E-state index is 13.5. The Balaban J connectivity index is 2.21. The van der Waals surface area contributed by atoms with Crippen LogP contribution in [-0.2, 0) is 27.1 Å². The molecule has 0 saturated heterocycles. The van der Waals surface area contributed by atoms with Crippen molar-refractivity contribution < 1.29 is 23.9 Å². The normalized spacial score (nSPS) is 13.3. The summed E-state index contributed by atoms with van der Waals surface area (Å²) in [4.78, 5) is 38.5. The van der Waals surface area contributed by atoms with Crippen LogP contribution in [0.1, 0.15) is 59.1 Å². The summed E-state index contributed by atoms with van der Waals surface area (Å²) >= 11 is 0. The van der Waals surface area contributed by atoms with Gasteiger partial charge in [0.1, 0.15) is 11.2 Å². The molecule has 0 aliphatic heterocycles. The lowest BCUT2D eigenvalue weighted by molar-refractivity contribution is -0.121. The molecule has 2 N–H and O–H groups in total. The molecule has 0 aliphatic carbocycles. The molecule has 35 heavy (non-hydrogen) atoms. The Morgan fingerprint density at radius 3 is 1.57 bits per heavy atom. The van der Waals surface area contributed by atoms with Crippen LogP contribution in [0, 0.1) is 0 Å². The summed E-state index contributed by atoms with van der Waals surface area (Å²) in [5.41, 5.74) is 0.514. The third-order valence-electron chi connectivity index (χ3n) is 4.86. The minimum absolute atomic E-state index is 0.0153. The van der Waals surface area contributed by atoms with E-state index in [1.807, 2.05) is 60.7 Å². The predicted octanol–water partition coefficient (Wildman–Crippen LogP) is 5.22. The third kappa shape index (κ3) is 11.6. The van der Waals surface area contributed by atoms with E-state index in [0.29, 0.717) is 12.8 Å². The highest BCUT2D eigenvalue weighted by atomic mass is 16.6. The number of ether oxygens (including phenoxy) is 2. The smallest absolute Gasteiger partial charge is 0.408 e. The number of Topliss-reactive ketones (excluding diaryl/α,β-unsaturated/α-hetero) is 1. The van der Waals surface area contributed by atoms with Crippen molar-refractivity contribution in [2.45, 2.75) is 84.1 Å². The third-order valence-corrected chi connectivity index (χ3v) is 4.86. The van der Waals surface area contributed by atoms with E-state index in [0.717, 1.165) is 11.1 Å². The maximum Gasteiger partial charge on any atom is 0.408 e. The van der Waals surface area contributed by atoms with Crippen molar-refractivity contribution in [3.05, 3.63) is 71.8 Å². The Hall–Kier alpha value is -3.35. The van der Waals surface area contributed by atoms with Gasteiger partial charge in [0.15, 0.2) is 5.78 Å². The maximum absolute atomic E-state index is 13.5. The van der Waals surface area contributed by atoms with Crippen LogP contribution in [-0.4, -0.2) is 41.3 Å². The van der Waals surface area contributed by atoms with E-state index < -0.39 is 35.5 Å². The Kier molecular flexibility index (Phi) is 9.87. The number of carbonyl (C=O) groups is 3. The topological polar surface area (TPSA) is 93.7 Å². The second-order valence-electron chi connectivity index (χ2n) is 10.6. The van der Waals surface area contributed by atoms with Crippen LogP contribution < -0.4 is 10.6 Å². The minimum Gasteiger partial charge on any atom is -0.444 e. The van der Waals surface area contributed by atoms with E-state index >= 15 is 0 Å². The van der Waals surface area contributed by atoms with Gasteiger partial charge in [0.2, 0.25) is 0 Å². The number of hydrogen-bond acceptors (Lipinski definition) is 5. The Bertz CT molecular complexity index is 962. The zero-order chi connectivity index (χ0) is 26.1. The first-order valence-corrected chi connectivity index (χ1v) is 11.9. The molecule has 7 heteroatoms. The number of benzene rings is 2. The van der Waals surface area contributed by atoms with Crippen molar-refractivity contribution >= 4 is 18.0 Å². The number of carbonyl (C=O) groups excluding carboxylic acids is 3. The molecular formula is C28H38N2O5. The van der Waals surface area contributed by atoms with Gasteiger partial charge in [0.05, 0.1) is 6.04 Å². The molecule has 0 aromatic heterocycles. The lowest BCUT2D eigenvalue weighted by Gasteiger charge is -2.26. The Morgan fingerprint density at radius 1 is 0.686 bits per heavy atom. The monoisotopic (exact) mass is 482 g/mol. The highest BCUT2D eigenvalue weighted by Gasteiger charge is 2.28. The first kappa shape index (κ1) is 27.9. The molecule has 2 aromatic rings.